The fourth-order valence-corrected chi connectivity index (χ4v) is 3.20. The smallest absolute Gasteiger partial charge is 0.241 e. The van der Waals surface area contributed by atoms with Crippen LogP contribution in [0.2, 0.25) is 5.02 Å². The predicted molar refractivity (Wildman–Crippen MR) is 81.0 cm³/mol. The number of nitrogen functional groups attached to an aromatic ring is 1. The number of hydrogen-bond acceptors (Lipinski definition) is 3. The van der Waals surface area contributed by atoms with Crippen LogP contribution in [0.15, 0.2) is 47.4 Å². The zero-order chi connectivity index (χ0) is 15.6. The van der Waals surface area contributed by atoms with Crippen molar-refractivity contribution in [3.05, 3.63) is 58.9 Å². The van der Waals surface area contributed by atoms with Crippen molar-refractivity contribution in [1.82, 2.24) is 4.72 Å². The molecular formula is C14H14ClFN2O2S. The van der Waals surface area contributed by atoms with Gasteiger partial charge in [0.15, 0.2) is 0 Å². The Balaban J connectivity index is 2.24. The summed E-state index contributed by atoms with van der Waals surface area (Å²) in [6, 6.07) is 9.64. The Hall–Kier alpha value is -1.63. The van der Waals surface area contributed by atoms with Crippen molar-refractivity contribution in [2.45, 2.75) is 17.9 Å². The van der Waals surface area contributed by atoms with E-state index in [0.717, 1.165) is 17.7 Å². The van der Waals surface area contributed by atoms with E-state index >= 15 is 0 Å². The normalized spacial score (nSPS) is 13.1. The second kappa shape index (κ2) is 6.01. The fourth-order valence-electron chi connectivity index (χ4n) is 1.81. The Labute approximate surface area is 127 Å². The van der Waals surface area contributed by atoms with Crippen LogP contribution in [0, 0.1) is 5.82 Å². The van der Waals surface area contributed by atoms with Gasteiger partial charge in [-0.05, 0) is 42.8 Å². The van der Waals surface area contributed by atoms with Crippen LogP contribution < -0.4 is 10.5 Å². The van der Waals surface area contributed by atoms with Gasteiger partial charge in [-0.2, -0.15) is 0 Å². The maximum atomic E-state index is 13.1. The first-order valence-corrected chi connectivity index (χ1v) is 7.98. The SMILES string of the molecule is CC(NS(=O)(=O)c1ccc(F)c(N)c1)c1ccc(Cl)cc1. The van der Waals surface area contributed by atoms with Crippen molar-refractivity contribution in [3.63, 3.8) is 0 Å². The maximum Gasteiger partial charge on any atom is 0.241 e. The molecule has 0 spiro atoms. The molecule has 0 bridgehead atoms. The summed E-state index contributed by atoms with van der Waals surface area (Å²) in [7, 11) is -3.79. The zero-order valence-electron chi connectivity index (χ0n) is 11.2. The lowest BCUT2D eigenvalue weighted by Gasteiger charge is -2.15. The first-order valence-electron chi connectivity index (χ1n) is 6.12. The second-order valence-corrected chi connectivity index (χ2v) is 6.73. The molecule has 0 saturated heterocycles. The summed E-state index contributed by atoms with van der Waals surface area (Å²) in [4.78, 5) is -0.0813. The molecule has 1 unspecified atom stereocenters. The molecule has 2 rings (SSSR count). The molecule has 0 aliphatic carbocycles. The summed E-state index contributed by atoms with van der Waals surface area (Å²) in [5.41, 5.74) is 5.95. The van der Waals surface area contributed by atoms with Crippen LogP contribution in [0.5, 0.6) is 0 Å². The zero-order valence-corrected chi connectivity index (χ0v) is 12.7. The number of halogens is 2. The molecule has 0 fully saturated rings. The van der Waals surface area contributed by atoms with E-state index in [-0.39, 0.29) is 10.6 Å². The fraction of sp³-hybridized carbons (Fsp3) is 0.143. The molecule has 1 atom stereocenters. The molecule has 21 heavy (non-hydrogen) atoms. The van der Waals surface area contributed by atoms with Gasteiger partial charge < -0.3 is 5.73 Å². The average Bonchev–Trinajstić information content (AvgIpc) is 2.42. The molecule has 3 N–H and O–H groups in total. The van der Waals surface area contributed by atoms with E-state index in [2.05, 4.69) is 4.72 Å². The van der Waals surface area contributed by atoms with Gasteiger partial charge in [0.1, 0.15) is 5.82 Å². The number of nitrogens with two attached hydrogens (primary N) is 1. The summed E-state index contributed by atoms with van der Waals surface area (Å²) >= 11 is 5.79. The Kier molecular flexibility index (Phi) is 4.51. The Bertz CT molecular complexity index is 748. The molecule has 0 aromatic heterocycles. The minimum Gasteiger partial charge on any atom is -0.396 e. The number of nitrogens with one attached hydrogen (secondary N) is 1. The first kappa shape index (κ1) is 15.8. The van der Waals surface area contributed by atoms with E-state index in [0.29, 0.717) is 5.02 Å². The average molecular weight is 329 g/mol. The molecule has 2 aromatic carbocycles. The van der Waals surface area contributed by atoms with Crippen LogP contribution in [0.25, 0.3) is 0 Å². The number of rotatable bonds is 4. The van der Waals surface area contributed by atoms with Gasteiger partial charge in [-0.15, -0.1) is 0 Å². The predicted octanol–water partition coefficient (Wildman–Crippen LogP) is 3.10. The monoisotopic (exact) mass is 328 g/mol. The molecule has 0 aliphatic heterocycles. The van der Waals surface area contributed by atoms with Gasteiger partial charge in [0.2, 0.25) is 10.0 Å². The minimum absolute atomic E-state index is 0.0813. The summed E-state index contributed by atoms with van der Waals surface area (Å²) in [5, 5.41) is 0.570. The lowest BCUT2D eigenvalue weighted by Crippen LogP contribution is -2.27. The maximum absolute atomic E-state index is 13.1. The highest BCUT2D eigenvalue weighted by Gasteiger charge is 2.19. The van der Waals surface area contributed by atoms with Crippen molar-refractivity contribution >= 4 is 27.3 Å². The quantitative estimate of drug-likeness (QED) is 0.847. The van der Waals surface area contributed by atoms with Crippen LogP contribution in [0.1, 0.15) is 18.5 Å². The van der Waals surface area contributed by atoms with Crippen LogP contribution in [-0.4, -0.2) is 8.42 Å². The highest BCUT2D eigenvalue weighted by atomic mass is 35.5. The molecule has 0 amide bonds. The third kappa shape index (κ3) is 3.72. The largest absolute Gasteiger partial charge is 0.396 e. The van der Waals surface area contributed by atoms with Crippen molar-refractivity contribution in [2.24, 2.45) is 0 Å². The van der Waals surface area contributed by atoms with E-state index < -0.39 is 21.9 Å². The summed E-state index contributed by atoms with van der Waals surface area (Å²) in [6.07, 6.45) is 0. The topological polar surface area (TPSA) is 72.2 Å². The molecule has 4 nitrogen and oxygen atoms in total. The molecule has 112 valence electrons. The molecular weight excluding hydrogens is 315 g/mol. The van der Waals surface area contributed by atoms with Crippen LogP contribution in [0.3, 0.4) is 0 Å². The molecule has 0 saturated carbocycles. The van der Waals surface area contributed by atoms with Gasteiger partial charge in [-0.1, -0.05) is 23.7 Å². The van der Waals surface area contributed by atoms with Gasteiger partial charge in [-0.25, -0.2) is 17.5 Å². The summed E-state index contributed by atoms with van der Waals surface area (Å²) < 4.78 is 40.1. The van der Waals surface area contributed by atoms with Crippen molar-refractivity contribution in [3.8, 4) is 0 Å². The first-order chi connectivity index (χ1) is 9.79. The summed E-state index contributed by atoms with van der Waals surface area (Å²) in [6.45, 7) is 1.70. The Morgan fingerprint density at radius 2 is 1.81 bits per heavy atom. The van der Waals surface area contributed by atoms with Crippen LogP contribution in [0.4, 0.5) is 10.1 Å². The van der Waals surface area contributed by atoms with Crippen LogP contribution in [-0.2, 0) is 10.0 Å². The molecule has 0 aliphatic rings. The van der Waals surface area contributed by atoms with Crippen LogP contribution >= 0.6 is 11.6 Å². The van der Waals surface area contributed by atoms with E-state index in [1.54, 1.807) is 31.2 Å². The van der Waals surface area contributed by atoms with Gasteiger partial charge >= 0.3 is 0 Å². The molecule has 7 heteroatoms. The highest BCUT2D eigenvalue weighted by Crippen LogP contribution is 2.21. The Morgan fingerprint density at radius 1 is 1.19 bits per heavy atom. The number of anilines is 1. The standard InChI is InChI=1S/C14H14ClFN2O2S/c1-9(10-2-4-11(15)5-3-10)18-21(19,20)12-6-7-13(16)14(17)8-12/h2-9,18H,17H2,1H3. The molecule has 0 radical (unpaired) electrons. The highest BCUT2D eigenvalue weighted by molar-refractivity contribution is 7.89. The van der Waals surface area contributed by atoms with E-state index in [1.807, 2.05) is 0 Å². The third-order valence-corrected chi connectivity index (χ3v) is 4.77. The summed E-state index contributed by atoms with van der Waals surface area (Å²) in [5.74, 6) is -0.653. The number of sulfonamides is 1. The van der Waals surface area contributed by atoms with Crippen molar-refractivity contribution in [1.29, 1.82) is 0 Å². The van der Waals surface area contributed by atoms with Gasteiger partial charge in [0.25, 0.3) is 0 Å². The van der Waals surface area contributed by atoms with Crippen molar-refractivity contribution in [2.75, 3.05) is 5.73 Å². The second-order valence-electron chi connectivity index (χ2n) is 4.58. The van der Waals surface area contributed by atoms with E-state index in [9.17, 15) is 12.8 Å². The van der Waals surface area contributed by atoms with Gasteiger partial charge in [0.05, 0.1) is 10.6 Å². The third-order valence-electron chi connectivity index (χ3n) is 2.98. The lowest BCUT2D eigenvalue weighted by atomic mass is 10.1. The minimum atomic E-state index is -3.79. The Morgan fingerprint density at radius 3 is 2.38 bits per heavy atom. The van der Waals surface area contributed by atoms with Gasteiger partial charge in [0, 0.05) is 11.1 Å². The molecule has 0 heterocycles. The van der Waals surface area contributed by atoms with Crippen molar-refractivity contribution < 1.29 is 12.8 Å². The van der Waals surface area contributed by atoms with E-state index in [1.165, 1.54) is 6.07 Å². The van der Waals surface area contributed by atoms with E-state index in [4.69, 9.17) is 17.3 Å². The van der Waals surface area contributed by atoms with Gasteiger partial charge in [-0.3, -0.25) is 0 Å². The molecule has 2 aromatic rings. The number of hydrogen-bond donors (Lipinski definition) is 2. The number of benzene rings is 2. The lowest BCUT2D eigenvalue weighted by molar-refractivity contribution is 0.566.